The van der Waals surface area contributed by atoms with Gasteiger partial charge in [-0.05, 0) is 60.7 Å². The van der Waals surface area contributed by atoms with Gasteiger partial charge in [0.05, 0.1) is 22.3 Å². The van der Waals surface area contributed by atoms with Crippen molar-refractivity contribution in [2.45, 2.75) is 24.6 Å². The van der Waals surface area contributed by atoms with E-state index in [2.05, 4.69) is 5.32 Å². The minimum atomic E-state index is -4.89. The Labute approximate surface area is 225 Å². The smallest absolute Gasteiger partial charge is 0.416 e. The van der Waals surface area contributed by atoms with Gasteiger partial charge in [0, 0.05) is 5.69 Å². The molecule has 0 saturated carbocycles. The number of hydrogen-bond donors (Lipinski definition) is 2. The van der Waals surface area contributed by atoms with Crippen LogP contribution in [0.1, 0.15) is 31.8 Å². The van der Waals surface area contributed by atoms with E-state index in [0.717, 1.165) is 48.5 Å². The summed E-state index contributed by atoms with van der Waals surface area (Å²) in [5, 5.41) is 11.8. The fraction of sp³-hybridized carbons (Fsp3) is 0.154. The molecule has 0 heterocycles. The molecule has 216 valence electrons. The van der Waals surface area contributed by atoms with Crippen molar-refractivity contribution >= 4 is 29.5 Å². The number of aliphatic carboxylic acids is 1. The van der Waals surface area contributed by atoms with Gasteiger partial charge in [0.15, 0.2) is 0 Å². The summed E-state index contributed by atoms with van der Waals surface area (Å²) in [6.45, 7) is 0. The number of carboxylic acids is 1. The highest BCUT2D eigenvalue weighted by molar-refractivity contribution is 6.01. The zero-order valence-electron chi connectivity index (χ0n) is 20.1. The van der Waals surface area contributed by atoms with Crippen molar-refractivity contribution < 1.29 is 64.5 Å². The number of anilines is 1. The van der Waals surface area contributed by atoms with Crippen LogP contribution in [-0.2, 0) is 31.4 Å². The summed E-state index contributed by atoms with van der Waals surface area (Å²) in [7, 11) is 0. The third-order valence-electron chi connectivity index (χ3n) is 5.21. The van der Waals surface area contributed by atoms with Crippen molar-refractivity contribution in [2.24, 2.45) is 0 Å². The number of amides is 1. The molecule has 0 fully saturated rings. The van der Waals surface area contributed by atoms with Gasteiger partial charge < -0.3 is 19.9 Å². The van der Waals surface area contributed by atoms with E-state index in [1.807, 2.05) is 0 Å². The maximum Gasteiger partial charge on any atom is 0.416 e. The molecule has 0 bridgehead atoms. The molecule has 0 aliphatic heterocycles. The van der Waals surface area contributed by atoms with Crippen LogP contribution in [0, 0.1) is 5.82 Å². The first-order valence-corrected chi connectivity index (χ1v) is 11.1. The van der Waals surface area contributed by atoms with Gasteiger partial charge in [-0.25, -0.2) is 18.8 Å². The molecule has 1 amide bonds. The fourth-order valence-electron chi connectivity index (χ4n) is 3.25. The molecule has 2 atom stereocenters. The number of carbonyl (C=O) groups is 4. The van der Waals surface area contributed by atoms with E-state index >= 15 is 0 Å². The largest absolute Gasteiger partial charge is 0.478 e. The average Bonchev–Trinajstić information content (AvgIpc) is 2.90. The molecule has 0 aliphatic rings. The summed E-state index contributed by atoms with van der Waals surface area (Å²) < 4.78 is 101. The van der Waals surface area contributed by atoms with E-state index in [4.69, 9.17) is 9.47 Å². The lowest BCUT2D eigenvalue weighted by molar-refractivity contribution is -0.157. The maximum absolute atomic E-state index is 13.2. The zero-order chi connectivity index (χ0) is 30.5. The molecule has 15 heteroatoms. The second-order valence-electron chi connectivity index (χ2n) is 8.14. The average molecular weight is 587 g/mol. The minimum absolute atomic E-state index is 0.162. The lowest BCUT2D eigenvalue weighted by Gasteiger charge is -2.24. The molecule has 0 saturated heterocycles. The van der Waals surface area contributed by atoms with E-state index in [1.54, 1.807) is 0 Å². The summed E-state index contributed by atoms with van der Waals surface area (Å²) in [6, 6.07) is 9.08. The first-order chi connectivity index (χ1) is 19.1. The van der Waals surface area contributed by atoms with Gasteiger partial charge in [-0.1, -0.05) is 12.1 Å². The number of alkyl halides is 6. The number of nitrogens with one attached hydrogen (secondary N) is 1. The third kappa shape index (κ3) is 8.03. The molecular formula is C26H16F7NO7. The van der Waals surface area contributed by atoms with E-state index in [9.17, 15) is 55.0 Å². The van der Waals surface area contributed by atoms with Crippen molar-refractivity contribution in [1.29, 1.82) is 0 Å². The van der Waals surface area contributed by atoms with Crippen molar-refractivity contribution in [3.63, 3.8) is 0 Å². The highest BCUT2D eigenvalue weighted by atomic mass is 19.4. The van der Waals surface area contributed by atoms with Crippen LogP contribution in [-0.4, -0.2) is 41.1 Å². The molecule has 2 N–H and O–H groups in total. The maximum atomic E-state index is 13.2. The van der Waals surface area contributed by atoms with Crippen LogP contribution >= 0.6 is 0 Å². The first kappa shape index (κ1) is 30.6. The number of rotatable bonds is 8. The highest BCUT2D eigenvalue weighted by Crippen LogP contribution is 2.31. The summed E-state index contributed by atoms with van der Waals surface area (Å²) in [5.41, 5.74) is -4.30. The van der Waals surface area contributed by atoms with E-state index in [-0.39, 0.29) is 5.69 Å². The Morgan fingerprint density at radius 1 is 0.683 bits per heavy atom. The Hall–Kier alpha value is -4.95. The topological polar surface area (TPSA) is 119 Å². The molecule has 0 unspecified atom stereocenters. The Morgan fingerprint density at radius 3 is 1.54 bits per heavy atom. The van der Waals surface area contributed by atoms with Crippen LogP contribution in [0.15, 0.2) is 72.8 Å². The van der Waals surface area contributed by atoms with Crippen LogP contribution in [0.25, 0.3) is 0 Å². The fourth-order valence-corrected chi connectivity index (χ4v) is 3.25. The van der Waals surface area contributed by atoms with Crippen LogP contribution in [0.5, 0.6) is 0 Å². The molecule has 0 spiro atoms. The van der Waals surface area contributed by atoms with Crippen molar-refractivity contribution in [3.8, 4) is 0 Å². The number of hydrogen-bond acceptors (Lipinski definition) is 6. The molecule has 41 heavy (non-hydrogen) atoms. The predicted octanol–water partition coefficient (Wildman–Crippen LogP) is 5.34. The number of halogens is 7. The Bertz CT molecular complexity index is 1450. The second kappa shape index (κ2) is 12.1. The molecule has 0 aromatic heterocycles. The van der Waals surface area contributed by atoms with Crippen molar-refractivity contribution in [2.75, 3.05) is 5.32 Å². The van der Waals surface area contributed by atoms with Gasteiger partial charge in [-0.2, -0.15) is 26.3 Å². The van der Waals surface area contributed by atoms with Crippen LogP contribution < -0.4 is 5.32 Å². The molecule has 0 radical (unpaired) electrons. The van der Waals surface area contributed by atoms with Crippen molar-refractivity contribution in [1.82, 2.24) is 0 Å². The molecule has 3 aromatic rings. The van der Waals surface area contributed by atoms with Crippen LogP contribution in [0.3, 0.4) is 0 Å². The normalized spacial score (nSPS) is 13.0. The number of esters is 2. The van der Waals surface area contributed by atoms with E-state index in [0.29, 0.717) is 24.3 Å². The number of benzene rings is 3. The highest BCUT2D eigenvalue weighted by Gasteiger charge is 2.42. The predicted molar refractivity (Wildman–Crippen MR) is 124 cm³/mol. The van der Waals surface area contributed by atoms with E-state index in [1.165, 1.54) is 0 Å². The summed E-state index contributed by atoms with van der Waals surface area (Å²) in [5.74, 6) is -7.63. The Morgan fingerprint density at radius 2 is 1.12 bits per heavy atom. The zero-order valence-corrected chi connectivity index (χ0v) is 20.1. The lowest BCUT2D eigenvalue weighted by atomic mass is 10.1. The summed E-state index contributed by atoms with van der Waals surface area (Å²) in [4.78, 5) is 50.3. The Balaban J connectivity index is 1.96. The van der Waals surface area contributed by atoms with Gasteiger partial charge in [0.2, 0.25) is 12.2 Å². The lowest BCUT2D eigenvalue weighted by Crippen LogP contribution is -2.48. The molecule has 3 rings (SSSR count). The number of carbonyl (C=O) groups excluding carboxylic acids is 3. The molecule has 3 aromatic carbocycles. The van der Waals surface area contributed by atoms with Crippen LogP contribution in [0.4, 0.5) is 36.4 Å². The van der Waals surface area contributed by atoms with Gasteiger partial charge in [0.1, 0.15) is 5.82 Å². The third-order valence-corrected chi connectivity index (χ3v) is 5.21. The van der Waals surface area contributed by atoms with Gasteiger partial charge in [0.25, 0.3) is 5.91 Å². The minimum Gasteiger partial charge on any atom is -0.478 e. The number of ether oxygens (including phenoxy) is 2. The molecule has 0 aliphatic carbocycles. The number of carboxylic acid groups (broad SMARTS) is 1. The van der Waals surface area contributed by atoms with Gasteiger partial charge in [-0.3, -0.25) is 4.79 Å². The summed E-state index contributed by atoms with van der Waals surface area (Å²) >= 11 is 0. The summed E-state index contributed by atoms with van der Waals surface area (Å²) in [6.07, 6.45) is -15.1. The van der Waals surface area contributed by atoms with E-state index < -0.39 is 76.4 Å². The van der Waals surface area contributed by atoms with Gasteiger partial charge in [-0.15, -0.1) is 0 Å². The Kier molecular flexibility index (Phi) is 9.00. The monoisotopic (exact) mass is 587 g/mol. The first-order valence-electron chi connectivity index (χ1n) is 11.1. The van der Waals surface area contributed by atoms with Crippen molar-refractivity contribution in [3.05, 3.63) is 101 Å². The SMILES string of the molecule is O=C(O[C@@H](C(=O)O)[C@@H](OC(=O)c1cccc(C(F)(F)F)c1)C(=O)Nc1ccc(F)cc1)c1cccc(C(F)(F)F)c1. The van der Waals surface area contributed by atoms with Gasteiger partial charge >= 0.3 is 30.3 Å². The van der Waals surface area contributed by atoms with Crippen LogP contribution in [0.2, 0.25) is 0 Å². The second-order valence-corrected chi connectivity index (χ2v) is 8.14. The standard InChI is InChI=1S/C26H16F7NO7/c27-17-7-9-18(10-8-17)34-21(35)19(40-23(38)13-3-1-5-15(11-13)25(28,29)30)20(22(36)37)41-24(39)14-4-2-6-16(12-14)26(31,32)33/h1-12,19-20H,(H,34,35)(H,36,37)/t19-,20-/m1/s1. The quantitative estimate of drug-likeness (QED) is 0.270. The molecule has 8 nitrogen and oxygen atoms in total. The molecular weight excluding hydrogens is 571 g/mol.